The number of para-hydroxylation sites is 2. The second kappa shape index (κ2) is 5.30. The lowest BCUT2D eigenvalue weighted by Gasteiger charge is -2.24. The number of nitrogens with zero attached hydrogens (tertiary/aromatic N) is 2. The molecule has 0 spiro atoms. The Bertz CT molecular complexity index is 449. The van der Waals surface area contributed by atoms with Crippen LogP contribution in [0.2, 0.25) is 0 Å². The van der Waals surface area contributed by atoms with E-state index in [1.54, 1.807) is 0 Å². The fourth-order valence-corrected chi connectivity index (χ4v) is 1.78. The van der Waals surface area contributed by atoms with Crippen LogP contribution in [-0.4, -0.2) is 12.9 Å². The highest BCUT2D eigenvalue weighted by atomic mass is 15.2. The highest BCUT2D eigenvalue weighted by Gasteiger charge is 2.10. The number of hydrogen-bond acceptors (Lipinski definition) is 1. The Hall–Kier alpha value is -2.09. The Balaban J connectivity index is 2.47. The molecule has 0 aliphatic heterocycles. The van der Waals surface area contributed by atoms with Crippen molar-refractivity contribution in [2.75, 3.05) is 11.9 Å². The molecule has 2 aromatic carbocycles. The van der Waals surface area contributed by atoms with Gasteiger partial charge < -0.3 is 0 Å². The molecule has 2 nitrogen and oxygen atoms in total. The predicted octanol–water partition coefficient (Wildman–Crippen LogP) is 3.87. The van der Waals surface area contributed by atoms with E-state index >= 15 is 0 Å². The third kappa shape index (κ3) is 2.53. The molecule has 0 N–H and O–H groups in total. The maximum Gasteiger partial charge on any atom is 0.104 e. The predicted molar refractivity (Wildman–Crippen MR) is 74.1 cm³/mol. The van der Waals surface area contributed by atoms with Crippen molar-refractivity contribution in [2.24, 2.45) is 4.99 Å². The summed E-state index contributed by atoms with van der Waals surface area (Å²) in [5.41, 5.74) is 2.25. The fraction of sp³-hybridized carbons (Fsp3) is 0.133. The summed E-state index contributed by atoms with van der Waals surface area (Å²) in [4.78, 5) is 6.42. The van der Waals surface area contributed by atoms with Crippen molar-refractivity contribution in [3.63, 3.8) is 0 Å². The third-order valence-electron chi connectivity index (χ3n) is 2.68. The second-order valence-electron chi connectivity index (χ2n) is 3.78. The highest BCUT2D eigenvalue weighted by molar-refractivity contribution is 6.02. The van der Waals surface area contributed by atoms with Crippen LogP contribution in [0.4, 0.5) is 11.4 Å². The number of aliphatic imine (C=N–C) groups is 1. The molecule has 0 heterocycles. The van der Waals surface area contributed by atoms with E-state index in [1.165, 1.54) is 0 Å². The van der Waals surface area contributed by atoms with Crippen molar-refractivity contribution in [3.05, 3.63) is 60.7 Å². The minimum absolute atomic E-state index is 0.974. The van der Waals surface area contributed by atoms with E-state index in [2.05, 4.69) is 34.2 Å². The average molecular weight is 224 g/mol. The minimum atomic E-state index is 0.974. The zero-order chi connectivity index (χ0) is 12.1. The first-order valence-corrected chi connectivity index (χ1v) is 5.66. The summed E-state index contributed by atoms with van der Waals surface area (Å²) in [5, 5.41) is 0. The zero-order valence-corrected chi connectivity index (χ0v) is 10.2. The van der Waals surface area contributed by atoms with Gasteiger partial charge in [0.2, 0.25) is 0 Å². The fourth-order valence-electron chi connectivity index (χ4n) is 1.78. The van der Waals surface area contributed by atoms with Crippen molar-refractivity contribution in [3.8, 4) is 0 Å². The van der Waals surface area contributed by atoms with Crippen LogP contribution >= 0.6 is 0 Å². The van der Waals surface area contributed by atoms with Gasteiger partial charge in [0, 0.05) is 18.4 Å². The maximum absolute atomic E-state index is 4.28. The van der Waals surface area contributed by atoms with Crippen LogP contribution in [0.5, 0.6) is 0 Å². The summed E-state index contributed by atoms with van der Waals surface area (Å²) in [5.74, 6) is 0.974. The first kappa shape index (κ1) is 11.4. The summed E-state index contributed by atoms with van der Waals surface area (Å²) in [7, 11) is 1.81. The van der Waals surface area contributed by atoms with Gasteiger partial charge in [0.15, 0.2) is 0 Å². The minimum Gasteiger partial charge on any atom is -0.299 e. The van der Waals surface area contributed by atoms with Gasteiger partial charge in [-0.05, 0) is 31.2 Å². The van der Waals surface area contributed by atoms with Crippen molar-refractivity contribution < 1.29 is 0 Å². The molecule has 0 fully saturated rings. The van der Waals surface area contributed by atoms with Crippen molar-refractivity contribution in [2.45, 2.75) is 6.92 Å². The lowest BCUT2D eigenvalue weighted by atomic mass is 10.2. The van der Waals surface area contributed by atoms with Gasteiger partial charge >= 0.3 is 0 Å². The van der Waals surface area contributed by atoms with Gasteiger partial charge in [-0.2, -0.15) is 0 Å². The Morgan fingerprint density at radius 1 is 0.824 bits per heavy atom. The summed E-state index contributed by atoms with van der Waals surface area (Å²) in [6, 6.07) is 20.5. The highest BCUT2D eigenvalue weighted by Crippen LogP contribution is 2.25. The van der Waals surface area contributed by atoms with E-state index in [-0.39, 0.29) is 0 Å². The van der Waals surface area contributed by atoms with Crippen LogP contribution in [0, 0.1) is 0 Å². The zero-order valence-electron chi connectivity index (χ0n) is 10.2. The van der Waals surface area contributed by atoms with Gasteiger partial charge in [-0.25, -0.2) is 0 Å². The van der Waals surface area contributed by atoms with E-state index in [0.29, 0.717) is 0 Å². The lowest BCUT2D eigenvalue weighted by molar-refractivity contribution is 1.27. The molecule has 0 aromatic heterocycles. The molecule has 2 aromatic rings. The number of anilines is 2. The first-order chi connectivity index (χ1) is 8.33. The molecule has 0 saturated carbocycles. The molecule has 2 heteroatoms. The standard InChI is InChI=1S/C15H16N2/c1-13(16-2)17(14-9-5-3-6-10-14)15-11-7-4-8-12-15/h3-12H,1-2H3. The van der Waals surface area contributed by atoms with Gasteiger partial charge in [-0.3, -0.25) is 9.89 Å². The number of benzene rings is 2. The van der Waals surface area contributed by atoms with Gasteiger partial charge in [0.05, 0.1) is 0 Å². The number of hydrogen-bond donors (Lipinski definition) is 0. The molecule has 0 bridgehead atoms. The van der Waals surface area contributed by atoms with Crippen LogP contribution in [-0.2, 0) is 0 Å². The molecule has 17 heavy (non-hydrogen) atoms. The average Bonchev–Trinajstić information content (AvgIpc) is 2.41. The molecule has 0 radical (unpaired) electrons. The Morgan fingerprint density at radius 2 is 1.24 bits per heavy atom. The molecule has 0 aliphatic carbocycles. The Morgan fingerprint density at radius 3 is 1.59 bits per heavy atom. The number of rotatable bonds is 2. The topological polar surface area (TPSA) is 15.6 Å². The maximum atomic E-state index is 4.28. The van der Waals surface area contributed by atoms with Crippen LogP contribution in [0.1, 0.15) is 6.92 Å². The second-order valence-corrected chi connectivity index (χ2v) is 3.78. The molecule has 0 atom stereocenters. The summed E-state index contributed by atoms with van der Waals surface area (Å²) < 4.78 is 0. The summed E-state index contributed by atoms with van der Waals surface area (Å²) in [6.45, 7) is 2.01. The summed E-state index contributed by atoms with van der Waals surface area (Å²) >= 11 is 0. The first-order valence-electron chi connectivity index (χ1n) is 5.66. The molecule has 0 unspecified atom stereocenters. The van der Waals surface area contributed by atoms with E-state index in [9.17, 15) is 0 Å². The normalized spacial score (nSPS) is 11.3. The molecular weight excluding hydrogens is 208 g/mol. The smallest absolute Gasteiger partial charge is 0.104 e. The molecule has 86 valence electrons. The Labute approximate surface area is 102 Å². The largest absolute Gasteiger partial charge is 0.299 e. The van der Waals surface area contributed by atoms with E-state index in [1.807, 2.05) is 50.4 Å². The van der Waals surface area contributed by atoms with Crippen molar-refractivity contribution in [1.29, 1.82) is 0 Å². The molecule has 0 amide bonds. The van der Waals surface area contributed by atoms with Crippen LogP contribution < -0.4 is 4.90 Å². The molecule has 2 rings (SSSR count). The molecule has 0 saturated heterocycles. The van der Waals surface area contributed by atoms with Gasteiger partial charge in [0.25, 0.3) is 0 Å². The monoisotopic (exact) mass is 224 g/mol. The van der Waals surface area contributed by atoms with Crippen molar-refractivity contribution in [1.82, 2.24) is 0 Å². The van der Waals surface area contributed by atoms with E-state index in [4.69, 9.17) is 0 Å². The third-order valence-corrected chi connectivity index (χ3v) is 2.68. The Kier molecular flexibility index (Phi) is 3.55. The van der Waals surface area contributed by atoms with E-state index < -0.39 is 0 Å². The summed E-state index contributed by atoms with van der Waals surface area (Å²) in [6.07, 6.45) is 0. The lowest BCUT2D eigenvalue weighted by Crippen LogP contribution is -2.22. The number of amidine groups is 1. The van der Waals surface area contributed by atoms with E-state index in [0.717, 1.165) is 17.2 Å². The van der Waals surface area contributed by atoms with Crippen molar-refractivity contribution >= 4 is 17.2 Å². The SMILES string of the molecule is CN=C(C)N(c1ccccc1)c1ccccc1. The van der Waals surface area contributed by atoms with Gasteiger partial charge in [-0.15, -0.1) is 0 Å². The quantitative estimate of drug-likeness (QED) is 0.558. The van der Waals surface area contributed by atoms with Crippen LogP contribution in [0.25, 0.3) is 0 Å². The van der Waals surface area contributed by atoms with Gasteiger partial charge in [0.1, 0.15) is 5.84 Å². The van der Waals surface area contributed by atoms with Crippen LogP contribution in [0.15, 0.2) is 65.7 Å². The molecule has 0 aliphatic rings. The molecular formula is C15H16N2. The van der Waals surface area contributed by atoms with Crippen LogP contribution in [0.3, 0.4) is 0 Å². The van der Waals surface area contributed by atoms with Gasteiger partial charge in [-0.1, -0.05) is 36.4 Å².